The Kier molecular flexibility index (Phi) is 5.94. The van der Waals surface area contributed by atoms with Gasteiger partial charge in [-0.15, -0.1) is 6.42 Å². The highest BCUT2D eigenvalue weighted by Crippen LogP contribution is 2.18. The molecule has 2 aromatic carbocycles. The summed E-state index contributed by atoms with van der Waals surface area (Å²) in [6, 6.07) is 13.7. The number of hydroxylamine groups is 2. The standard InChI is InChI=1S/C19H19FN2O2/c1-3-12-22(14-16-4-8-17(20)9-5-16)18-10-6-15(7-11-18)13-19(23)21(2)24/h1,4-11,24H,12-14H2,2H3. The van der Waals surface area contributed by atoms with Crippen LogP contribution in [0.4, 0.5) is 10.1 Å². The van der Waals surface area contributed by atoms with Crippen LogP contribution in [0.25, 0.3) is 0 Å². The molecule has 24 heavy (non-hydrogen) atoms. The SMILES string of the molecule is C#CCN(Cc1ccc(F)cc1)c1ccc(CC(=O)N(C)O)cc1. The molecule has 0 aliphatic heterocycles. The first-order valence-corrected chi connectivity index (χ1v) is 7.47. The molecule has 0 aromatic heterocycles. The summed E-state index contributed by atoms with van der Waals surface area (Å²) in [6.45, 7) is 0.969. The summed E-state index contributed by atoms with van der Waals surface area (Å²) >= 11 is 0. The molecule has 0 fully saturated rings. The van der Waals surface area contributed by atoms with Crippen molar-refractivity contribution in [3.63, 3.8) is 0 Å². The highest BCUT2D eigenvalue weighted by Gasteiger charge is 2.09. The molecular weight excluding hydrogens is 307 g/mol. The van der Waals surface area contributed by atoms with Crippen LogP contribution in [0, 0.1) is 18.2 Å². The van der Waals surface area contributed by atoms with Crippen molar-refractivity contribution in [3.05, 3.63) is 65.5 Å². The van der Waals surface area contributed by atoms with Gasteiger partial charge in [0.15, 0.2) is 0 Å². The third-order valence-corrected chi connectivity index (χ3v) is 3.59. The largest absolute Gasteiger partial charge is 0.356 e. The number of carbonyl (C=O) groups is 1. The second-order valence-corrected chi connectivity index (χ2v) is 5.45. The Balaban J connectivity index is 2.11. The average Bonchev–Trinajstić information content (AvgIpc) is 2.57. The topological polar surface area (TPSA) is 43.8 Å². The Morgan fingerprint density at radius 3 is 2.25 bits per heavy atom. The molecule has 0 saturated heterocycles. The normalized spacial score (nSPS) is 10.1. The molecule has 0 atom stereocenters. The molecule has 0 bridgehead atoms. The second-order valence-electron chi connectivity index (χ2n) is 5.45. The third kappa shape index (κ3) is 4.83. The van der Waals surface area contributed by atoms with Crippen molar-refractivity contribution in [2.24, 2.45) is 0 Å². The van der Waals surface area contributed by atoms with E-state index in [0.717, 1.165) is 16.8 Å². The number of terminal acetylenes is 1. The number of carbonyl (C=O) groups excluding carboxylic acids is 1. The van der Waals surface area contributed by atoms with Crippen molar-refractivity contribution in [1.29, 1.82) is 0 Å². The van der Waals surface area contributed by atoms with E-state index in [0.29, 0.717) is 18.2 Å². The van der Waals surface area contributed by atoms with E-state index in [1.54, 1.807) is 12.1 Å². The van der Waals surface area contributed by atoms with Gasteiger partial charge in [-0.3, -0.25) is 10.0 Å². The van der Waals surface area contributed by atoms with Crippen LogP contribution in [0.15, 0.2) is 48.5 Å². The van der Waals surface area contributed by atoms with Gasteiger partial charge >= 0.3 is 0 Å². The molecule has 0 aliphatic carbocycles. The highest BCUT2D eigenvalue weighted by molar-refractivity contribution is 5.77. The monoisotopic (exact) mass is 326 g/mol. The van der Waals surface area contributed by atoms with E-state index in [2.05, 4.69) is 5.92 Å². The summed E-state index contributed by atoms with van der Waals surface area (Å²) in [4.78, 5) is 13.5. The Bertz CT molecular complexity index is 719. The number of anilines is 1. The van der Waals surface area contributed by atoms with E-state index >= 15 is 0 Å². The van der Waals surface area contributed by atoms with Gasteiger partial charge in [0.2, 0.25) is 5.91 Å². The quantitative estimate of drug-likeness (QED) is 0.504. The summed E-state index contributed by atoms with van der Waals surface area (Å²) in [5.74, 6) is 1.96. The van der Waals surface area contributed by atoms with Gasteiger partial charge in [0.25, 0.3) is 0 Å². The van der Waals surface area contributed by atoms with Crippen molar-refractivity contribution in [2.45, 2.75) is 13.0 Å². The molecule has 5 heteroatoms. The van der Waals surface area contributed by atoms with Gasteiger partial charge in [0, 0.05) is 19.3 Å². The third-order valence-electron chi connectivity index (χ3n) is 3.59. The van der Waals surface area contributed by atoms with Crippen LogP contribution < -0.4 is 4.90 Å². The van der Waals surface area contributed by atoms with Gasteiger partial charge in [0.05, 0.1) is 13.0 Å². The molecule has 0 aliphatic rings. The fraction of sp³-hybridized carbons (Fsp3) is 0.211. The maximum absolute atomic E-state index is 13.0. The van der Waals surface area contributed by atoms with E-state index in [-0.39, 0.29) is 18.1 Å². The van der Waals surface area contributed by atoms with E-state index in [4.69, 9.17) is 11.6 Å². The van der Waals surface area contributed by atoms with E-state index in [1.165, 1.54) is 19.2 Å². The Hall–Kier alpha value is -2.84. The molecule has 1 amide bonds. The van der Waals surface area contributed by atoms with Crippen molar-refractivity contribution in [2.75, 3.05) is 18.5 Å². The van der Waals surface area contributed by atoms with Crippen LogP contribution in [-0.2, 0) is 17.8 Å². The van der Waals surface area contributed by atoms with Crippen LogP contribution in [0.2, 0.25) is 0 Å². The number of benzene rings is 2. The number of rotatable bonds is 6. The minimum absolute atomic E-state index is 0.125. The summed E-state index contributed by atoms with van der Waals surface area (Å²) in [5, 5.41) is 9.68. The lowest BCUT2D eigenvalue weighted by molar-refractivity contribution is -0.158. The van der Waals surface area contributed by atoms with Crippen LogP contribution >= 0.6 is 0 Å². The minimum Gasteiger partial charge on any atom is -0.356 e. The van der Waals surface area contributed by atoms with Crippen LogP contribution in [0.1, 0.15) is 11.1 Å². The molecule has 0 radical (unpaired) electrons. The fourth-order valence-electron chi connectivity index (χ4n) is 2.27. The molecule has 1 N–H and O–H groups in total. The highest BCUT2D eigenvalue weighted by atomic mass is 19.1. The second kappa shape index (κ2) is 8.14. The molecule has 124 valence electrons. The number of amides is 1. The number of hydrogen-bond donors (Lipinski definition) is 1. The van der Waals surface area contributed by atoms with Gasteiger partial charge in [-0.25, -0.2) is 9.45 Å². The maximum Gasteiger partial charge on any atom is 0.250 e. The van der Waals surface area contributed by atoms with Crippen molar-refractivity contribution in [1.82, 2.24) is 5.06 Å². The zero-order valence-electron chi connectivity index (χ0n) is 13.4. The Labute approximate surface area is 141 Å². The Morgan fingerprint density at radius 1 is 1.12 bits per heavy atom. The number of likely N-dealkylation sites (N-methyl/N-ethyl adjacent to an activating group) is 1. The molecule has 2 rings (SSSR count). The minimum atomic E-state index is -0.380. The number of nitrogens with zero attached hydrogens (tertiary/aromatic N) is 2. The van der Waals surface area contributed by atoms with E-state index in [9.17, 15) is 9.18 Å². The number of halogens is 1. The van der Waals surface area contributed by atoms with Gasteiger partial charge in [-0.05, 0) is 35.4 Å². The van der Waals surface area contributed by atoms with Crippen LogP contribution in [0.3, 0.4) is 0 Å². The lowest BCUT2D eigenvalue weighted by Gasteiger charge is -2.23. The maximum atomic E-state index is 13.0. The predicted molar refractivity (Wildman–Crippen MR) is 91.0 cm³/mol. The van der Waals surface area contributed by atoms with Crippen LogP contribution in [0.5, 0.6) is 0 Å². The molecular formula is C19H19FN2O2. The molecule has 0 spiro atoms. The molecule has 0 unspecified atom stereocenters. The number of hydrogen-bond acceptors (Lipinski definition) is 3. The van der Waals surface area contributed by atoms with Gasteiger partial charge in [-0.2, -0.15) is 0 Å². The van der Waals surface area contributed by atoms with Crippen LogP contribution in [-0.4, -0.2) is 29.8 Å². The first-order chi connectivity index (χ1) is 11.5. The van der Waals surface area contributed by atoms with Crippen molar-refractivity contribution < 1.29 is 14.4 Å². The summed E-state index contributed by atoms with van der Waals surface area (Å²) in [5.41, 5.74) is 2.66. The van der Waals surface area contributed by atoms with Crippen molar-refractivity contribution >= 4 is 11.6 Å². The summed E-state index contributed by atoms with van der Waals surface area (Å²) in [6.07, 6.45) is 5.57. The average molecular weight is 326 g/mol. The smallest absolute Gasteiger partial charge is 0.250 e. The van der Waals surface area contributed by atoms with Crippen molar-refractivity contribution in [3.8, 4) is 12.3 Å². The molecule has 0 heterocycles. The first kappa shape index (κ1) is 17.5. The van der Waals surface area contributed by atoms with E-state index in [1.807, 2.05) is 29.2 Å². The van der Waals surface area contributed by atoms with Gasteiger partial charge < -0.3 is 4.90 Å². The molecule has 2 aromatic rings. The summed E-state index contributed by atoms with van der Waals surface area (Å²) < 4.78 is 13.0. The fourth-order valence-corrected chi connectivity index (χ4v) is 2.27. The predicted octanol–water partition coefficient (Wildman–Crippen LogP) is 2.86. The summed E-state index contributed by atoms with van der Waals surface area (Å²) in [7, 11) is 1.30. The van der Waals surface area contributed by atoms with E-state index < -0.39 is 0 Å². The molecule has 4 nitrogen and oxygen atoms in total. The zero-order chi connectivity index (χ0) is 17.5. The lowest BCUT2D eigenvalue weighted by atomic mass is 10.1. The Morgan fingerprint density at radius 2 is 1.71 bits per heavy atom. The zero-order valence-corrected chi connectivity index (χ0v) is 13.4. The lowest BCUT2D eigenvalue weighted by Crippen LogP contribution is -2.24. The van der Waals surface area contributed by atoms with Gasteiger partial charge in [-0.1, -0.05) is 30.2 Å². The first-order valence-electron chi connectivity index (χ1n) is 7.47. The molecule has 0 saturated carbocycles. The van der Waals surface area contributed by atoms with Gasteiger partial charge in [0.1, 0.15) is 5.82 Å².